The van der Waals surface area contributed by atoms with Crippen molar-refractivity contribution >= 4 is 29.1 Å². The Bertz CT molecular complexity index is 648. The zero-order valence-electron chi connectivity index (χ0n) is 15.5. The van der Waals surface area contributed by atoms with Crippen molar-refractivity contribution in [3.05, 3.63) is 29.0 Å². The number of carbonyl (C=O) groups excluding carboxylic acids is 2. The quantitative estimate of drug-likeness (QED) is 0.512. The van der Waals surface area contributed by atoms with Crippen molar-refractivity contribution in [3.8, 4) is 0 Å². The molecule has 1 fully saturated rings. The molecule has 0 saturated carbocycles. The normalized spacial score (nSPS) is 21.3. The van der Waals surface area contributed by atoms with Crippen molar-refractivity contribution in [1.29, 1.82) is 0 Å². The minimum Gasteiger partial charge on any atom is -0.349 e. The highest BCUT2D eigenvalue weighted by atomic mass is 35.5. The molecule has 0 bridgehead atoms. The van der Waals surface area contributed by atoms with Gasteiger partial charge < -0.3 is 20.4 Å². The summed E-state index contributed by atoms with van der Waals surface area (Å²) in [7, 11) is 0. The highest BCUT2D eigenvalue weighted by Gasteiger charge is 2.32. The summed E-state index contributed by atoms with van der Waals surface area (Å²) >= 11 is 5.96. The average molecular weight is 387 g/mol. The lowest BCUT2D eigenvalue weighted by molar-refractivity contribution is -1.01. The first-order chi connectivity index (χ1) is 12.3. The average Bonchev–Trinajstić information content (AvgIpc) is 2.56. The highest BCUT2D eigenvalue weighted by molar-refractivity contribution is 6.33. The molecular formula is C18H28ClFN4O2+2. The van der Waals surface area contributed by atoms with E-state index >= 15 is 0 Å². The van der Waals surface area contributed by atoms with Crippen molar-refractivity contribution in [1.82, 2.24) is 5.32 Å². The van der Waals surface area contributed by atoms with Crippen LogP contribution in [0.3, 0.4) is 0 Å². The molecular weight excluding hydrogens is 359 g/mol. The number of quaternary nitrogens is 2. The molecule has 1 heterocycles. The maximum atomic E-state index is 13.1. The van der Waals surface area contributed by atoms with Crippen LogP contribution in [-0.2, 0) is 9.59 Å². The van der Waals surface area contributed by atoms with E-state index in [1.807, 2.05) is 20.8 Å². The molecule has 1 atom stereocenters. The van der Waals surface area contributed by atoms with Crippen LogP contribution in [0.1, 0.15) is 20.8 Å². The monoisotopic (exact) mass is 386 g/mol. The fourth-order valence-electron chi connectivity index (χ4n) is 3.15. The fourth-order valence-corrected chi connectivity index (χ4v) is 3.37. The summed E-state index contributed by atoms with van der Waals surface area (Å²) in [6, 6.07) is 3.81. The third kappa shape index (κ3) is 5.93. The van der Waals surface area contributed by atoms with E-state index in [2.05, 4.69) is 10.6 Å². The SMILES string of the molecule is CC(C)NC(=O)C[NH+]1CC[NH+]([C@@H](C)C(=O)Nc2ccc(F)cc2Cl)CC1. The van der Waals surface area contributed by atoms with Crippen LogP contribution < -0.4 is 20.4 Å². The van der Waals surface area contributed by atoms with Gasteiger partial charge in [0.25, 0.3) is 11.8 Å². The molecule has 0 radical (unpaired) electrons. The number of hydrogen-bond donors (Lipinski definition) is 4. The highest BCUT2D eigenvalue weighted by Crippen LogP contribution is 2.22. The number of carbonyl (C=O) groups is 2. The second-order valence-corrected chi connectivity index (χ2v) is 7.55. The molecule has 0 spiro atoms. The molecule has 1 aliphatic heterocycles. The Hall–Kier alpha value is -1.70. The number of rotatable bonds is 6. The van der Waals surface area contributed by atoms with E-state index in [-0.39, 0.29) is 28.9 Å². The van der Waals surface area contributed by atoms with E-state index in [4.69, 9.17) is 11.6 Å². The van der Waals surface area contributed by atoms with E-state index < -0.39 is 5.82 Å². The van der Waals surface area contributed by atoms with Gasteiger partial charge in [-0.05, 0) is 39.0 Å². The second kappa shape index (κ2) is 9.30. The molecule has 0 aliphatic carbocycles. The zero-order chi connectivity index (χ0) is 19.3. The summed E-state index contributed by atoms with van der Waals surface area (Å²) in [4.78, 5) is 26.7. The summed E-state index contributed by atoms with van der Waals surface area (Å²) < 4.78 is 13.1. The van der Waals surface area contributed by atoms with Gasteiger partial charge in [0.05, 0.1) is 10.7 Å². The van der Waals surface area contributed by atoms with E-state index in [1.54, 1.807) is 0 Å². The number of amides is 2. The van der Waals surface area contributed by atoms with Crippen molar-refractivity contribution in [2.75, 3.05) is 38.0 Å². The Morgan fingerprint density at radius 2 is 1.85 bits per heavy atom. The van der Waals surface area contributed by atoms with Crippen LogP contribution in [0, 0.1) is 5.82 Å². The molecule has 0 aromatic heterocycles. The molecule has 26 heavy (non-hydrogen) atoms. The molecule has 8 heteroatoms. The molecule has 144 valence electrons. The molecule has 1 aliphatic rings. The Labute approximate surface area is 158 Å². The predicted octanol–water partition coefficient (Wildman–Crippen LogP) is -0.886. The molecule has 1 aromatic rings. The topological polar surface area (TPSA) is 67.1 Å². The zero-order valence-corrected chi connectivity index (χ0v) is 16.3. The van der Waals surface area contributed by atoms with Crippen molar-refractivity contribution in [2.24, 2.45) is 0 Å². The van der Waals surface area contributed by atoms with Gasteiger partial charge in [-0.3, -0.25) is 9.59 Å². The molecule has 4 N–H and O–H groups in total. The first-order valence-corrected chi connectivity index (χ1v) is 9.37. The number of nitrogens with one attached hydrogen (secondary N) is 4. The van der Waals surface area contributed by atoms with E-state index in [0.29, 0.717) is 12.2 Å². The maximum absolute atomic E-state index is 13.1. The lowest BCUT2D eigenvalue weighted by Gasteiger charge is -2.32. The first-order valence-electron chi connectivity index (χ1n) is 8.99. The lowest BCUT2D eigenvalue weighted by Crippen LogP contribution is -3.30. The Morgan fingerprint density at radius 3 is 2.42 bits per heavy atom. The van der Waals surface area contributed by atoms with Crippen LogP contribution in [0.2, 0.25) is 5.02 Å². The molecule has 2 rings (SSSR count). The lowest BCUT2D eigenvalue weighted by atomic mass is 10.2. The van der Waals surface area contributed by atoms with E-state index in [1.165, 1.54) is 28.0 Å². The number of halogens is 2. The van der Waals surface area contributed by atoms with Crippen LogP contribution in [-0.4, -0.2) is 56.6 Å². The van der Waals surface area contributed by atoms with Crippen molar-refractivity contribution in [3.63, 3.8) is 0 Å². The summed E-state index contributed by atoms with van der Waals surface area (Å²) in [5, 5.41) is 5.87. The number of piperazine rings is 1. The van der Waals surface area contributed by atoms with Gasteiger partial charge in [-0.25, -0.2) is 4.39 Å². The Morgan fingerprint density at radius 1 is 1.19 bits per heavy atom. The van der Waals surface area contributed by atoms with Crippen LogP contribution in [0.15, 0.2) is 18.2 Å². The molecule has 1 aromatic carbocycles. The Kier molecular flexibility index (Phi) is 7.37. The third-order valence-electron chi connectivity index (χ3n) is 4.65. The summed E-state index contributed by atoms with van der Waals surface area (Å²) in [6.07, 6.45) is 0. The Balaban J connectivity index is 1.82. The number of anilines is 1. The van der Waals surface area contributed by atoms with Crippen LogP contribution in [0.5, 0.6) is 0 Å². The van der Waals surface area contributed by atoms with Crippen LogP contribution >= 0.6 is 11.6 Å². The molecule has 0 unspecified atom stereocenters. The number of benzene rings is 1. The van der Waals surface area contributed by atoms with Gasteiger partial charge in [-0.1, -0.05) is 11.6 Å². The number of hydrogen-bond acceptors (Lipinski definition) is 2. The van der Waals surface area contributed by atoms with Gasteiger partial charge in [0.1, 0.15) is 32.0 Å². The van der Waals surface area contributed by atoms with Crippen molar-refractivity contribution < 1.29 is 23.8 Å². The molecule has 1 saturated heterocycles. The van der Waals surface area contributed by atoms with E-state index in [0.717, 1.165) is 26.2 Å². The van der Waals surface area contributed by atoms with Crippen LogP contribution in [0.25, 0.3) is 0 Å². The smallest absolute Gasteiger partial charge is 0.282 e. The first kappa shape index (κ1) is 20.6. The standard InChI is InChI=1S/C18H26ClFN4O2/c1-12(2)21-17(25)11-23-6-8-24(9-7-23)13(3)18(26)22-16-5-4-14(20)10-15(16)19/h4-5,10,12-13H,6-9,11H2,1-3H3,(H,21,25)(H,22,26)/p+2/t13-/m0/s1. The van der Waals surface area contributed by atoms with Gasteiger partial charge in [0.15, 0.2) is 12.6 Å². The minimum absolute atomic E-state index is 0.0650. The van der Waals surface area contributed by atoms with Crippen molar-refractivity contribution in [2.45, 2.75) is 32.9 Å². The van der Waals surface area contributed by atoms with Gasteiger partial charge in [0, 0.05) is 6.04 Å². The maximum Gasteiger partial charge on any atom is 0.282 e. The summed E-state index contributed by atoms with van der Waals surface area (Å²) in [5.74, 6) is -0.517. The molecule has 2 amide bonds. The van der Waals surface area contributed by atoms with Gasteiger partial charge >= 0.3 is 0 Å². The fraction of sp³-hybridized carbons (Fsp3) is 0.556. The second-order valence-electron chi connectivity index (χ2n) is 7.14. The summed E-state index contributed by atoms with van der Waals surface area (Å²) in [6.45, 7) is 9.55. The minimum atomic E-state index is -0.438. The van der Waals surface area contributed by atoms with Gasteiger partial charge in [-0.2, -0.15) is 0 Å². The predicted molar refractivity (Wildman–Crippen MR) is 99.0 cm³/mol. The van der Waals surface area contributed by atoms with Gasteiger partial charge in [-0.15, -0.1) is 0 Å². The molecule has 6 nitrogen and oxygen atoms in total. The van der Waals surface area contributed by atoms with Gasteiger partial charge in [0.2, 0.25) is 0 Å². The van der Waals surface area contributed by atoms with Crippen LogP contribution in [0.4, 0.5) is 10.1 Å². The summed E-state index contributed by atoms with van der Waals surface area (Å²) in [5.41, 5.74) is 0.416. The largest absolute Gasteiger partial charge is 0.349 e. The third-order valence-corrected chi connectivity index (χ3v) is 4.97. The van der Waals surface area contributed by atoms with E-state index in [9.17, 15) is 14.0 Å².